The summed E-state index contributed by atoms with van der Waals surface area (Å²) in [7, 11) is 1.92. The average Bonchev–Trinajstić information content (AvgIpc) is 2.15. The van der Waals surface area contributed by atoms with Gasteiger partial charge in [0.15, 0.2) is 0 Å². The summed E-state index contributed by atoms with van der Waals surface area (Å²) in [5.74, 6) is 0. The smallest absolute Gasteiger partial charge is 0.329 e. The Morgan fingerprint density at radius 2 is 1.75 bits per heavy atom. The zero-order valence-corrected chi connectivity index (χ0v) is 10.4. The van der Waals surface area contributed by atoms with Crippen LogP contribution >= 0.6 is 0 Å². The molecule has 0 amide bonds. The van der Waals surface area contributed by atoms with Gasteiger partial charge in [0.1, 0.15) is 0 Å². The van der Waals surface area contributed by atoms with Gasteiger partial charge >= 0.3 is 6.18 Å². The third kappa shape index (κ3) is 5.70. The number of likely N-dealkylation sites (N-methyl/N-ethyl adjacent to an activating group) is 1. The van der Waals surface area contributed by atoms with Crippen LogP contribution in [-0.2, 0) is 0 Å². The highest BCUT2D eigenvalue weighted by atomic mass is 19.4. The lowest BCUT2D eigenvalue weighted by Gasteiger charge is -2.38. The van der Waals surface area contributed by atoms with E-state index in [1.807, 2.05) is 20.9 Å². The minimum absolute atomic E-state index is 0.144. The van der Waals surface area contributed by atoms with Crippen molar-refractivity contribution >= 4 is 0 Å². The highest BCUT2D eigenvalue weighted by Gasteiger charge is 2.31. The Labute approximate surface area is 96.0 Å². The first-order chi connectivity index (χ1) is 7.25. The lowest BCUT2D eigenvalue weighted by atomic mass is 9.93. The highest BCUT2D eigenvalue weighted by Crippen LogP contribution is 2.26. The summed E-state index contributed by atoms with van der Waals surface area (Å²) in [4.78, 5) is 2.06. The predicted octanol–water partition coefficient (Wildman–Crippen LogP) is 2.78. The van der Waals surface area contributed by atoms with Crippen LogP contribution in [0.4, 0.5) is 13.2 Å². The maximum atomic E-state index is 12.0. The normalized spacial score (nSPS) is 16.5. The van der Waals surface area contributed by atoms with Crippen molar-refractivity contribution in [2.24, 2.45) is 5.73 Å². The van der Waals surface area contributed by atoms with Crippen LogP contribution in [0.25, 0.3) is 0 Å². The second kappa shape index (κ2) is 6.45. The van der Waals surface area contributed by atoms with Crippen LogP contribution in [0, 0.1) is 0 Å². The maximum absolute atomic E-state index is 12.0. The molecule has 0 saturated carbocycles. The number of halogens is 3. The van der Waals surface area contributed by atoms with Crippen LogP contribution in [0.5, 0.6) is 0 Å². The van der Waals surface area contributed by atoms with Crippen LogP contribution in [0.3, 0.4) is 0 Å². The van der Waals surface area contributed by atoms with Gasteiger partial charge < -0.3 is 5.73 Å². The van der Waals surface area contributed by atoms with Gasteiger partial charge in [-0.1, -0.05) is 6.92 Å². The SMILES string of the molecule is CCCN(C)C(C)(CN)CCCC(F)(F)F. The first kappa shape index (κ1) is 15.7. The Morgan fingerprint density at radius 3 is 2.12 bits per heavy atom. The molecule has 0 aliphatic carbocycles. The molecule has 1 atom stereocenters. The summed E-state index contributed by atoms with van der Waals surface area (Å²) in [6.07, 6.45) is -3.17. The van der Waals surface area contributed by atoms with Crippen molar-refractivity contribution in [2.45, 2.75) is 51.2 Å². The van der Waals surface area contributed by atoms with E-state index >= 15 is 0 Å². The average molecular weight is 240 g/mol. The number of nitrogens with zero attached hydrogens (tertiary/aromatic N) is 1. The minimum atomic E-state index is -4.06. The summed E-state index contributed by atoms with van der Waals surface area (Å²) in [6.45, 7) is 5.23. The predicted molar refractivity (Wildman–Crippen MR) is 60.3 cm³/mol. The summed E-state index contributed by atoms with van der Waals surface area (Å²) in [5.41, 5.74) is 5.35. The van der Waals surface area contributed by atoms with E-state index in [9.17, 15) is 13.2 Å². The maximum Gasteiger partial charge on any atom is 0.389 e. The van der Waals surface area contributed by atoms with E-state index in [4.69, 9.17) is 5.73 Å². The third-order valence-electron chi connectivity index (χ3n) is 3.10. The number of nitrogens with two attached hydrogens (primary N) is 1. The molecule has 0 aliphatic heterocycles. The largest absolute Gasteiger partial charge is 0.389 e. The molecule has 0 aromatic heterocycles. The van der Waals surface area contributed by atoms with Gasteiger partial charge in [-0.25, -0.2) is 0 Å². The van der Waals surface area contributed by atoms with Gasteiger partial charge in [-0.15, -0.1) is 0 Å². The molecule has 1 unspecified atom stereocenters. The molecule has 0 saturated heterocycles. The Bertz CT molecular complexity index is 194. The molecule has 0 aromatic carbocycles. The fourth-order valence-electron chi connectivity index (χ4n) is 1.72. The van der Waals surface area contributed by atoms with Crippen LogP contribution in [0.15, 0.2) is 0 Å². The molecule has 0 radical (unpaired) electrons. The van der Waals surface area contributed by atoms with E-state index < -0.39 is 12.6 Å². The van der Waals surface area contributed by atoms with Crippen LogP contribution in [0.1, 0.15) is 39.5 Å². The third-order valence-corrected chi connectivity index (χ3v) is 3.10. The first-order valence-electron chi connectivity index (χ1n) is 5.73. The molecule has 0 spiro atoms. The first-order valence-corrected chi connectivity index (χ1v) is 5.73. The summed E-state index contributed by atoms with van der Waals surface area (Å²) < 4.78 is 36.1. The number of rotatable bonds is 7. The van der Waals surface area contributed by atoms with Gasteiger partial charge in [0.2, 0.25) is 0 Å². The van der Waals surface area contributed by atoms with Crippen molar-refractivity contribution in [3.05, 3.63) is 0 Å². The molecule has 0 aliphatic rings. The number of hydrogen-bond acceptors (Lipinski definition) is 2. The Kier molecular flexibility index (Phi) is 6.33. The second-order valence-corrected chi connectivity index (χ2v) is 4.59. The van der Waals surface area contributed by atoms with Gasteiger partial charge in [-0.2, -0.15) is 13.2 Å². The van der Waals surface area contributed by atoms with E-state index in [1.165, 1.54) is 0 Å². The zero-order chi connectivity index (χ0) is 12.8. The van der Waals surface area contributed by atoms with Crippen LogP contribution in [0.2, 0.25) is 0 Å². The highest BCUT2D eigenvalue weighted by molar-refractivity contribution is 4.85. The Balaban J connectivity index is 4.16. The molecule has 0 aromatic rings. The molecular formula is C11H23F3N2. The van der Waals surface area contributed by atoms with Gasteiger partial charge in [0.05, 0.1) is 0 Å². The van der Waals surface area contributed by atoms with Crippen molar-refractivity contribution in [2.75, 3.05) is 20.1 Å². The van der Waals surface area contributed by atoms with Crippen LogP contribution < -0.4 is 5.73 Å². The molecule has 0 rings (SSSR count). The molecule has 2 nitrogen and oxygen atoms in total. The van der Waals surface area contributed by atoms with Crippen molar-refractivity contribution in [1.82, 2.24) is 4.90 Å². The molecule has 0 heterocycles. The van der Waals surface area contributed by atoms with Crippen molar-refractivity contribution in [3.63, 3.8) is 0 Å². The molecular weight excluding hydrogens is 217 g/mol. The van der Waals surface area contributed by atoms with Crippen molar-refractivity contribution in [3.8, 4) is 0 Å². The number of alkyl halides is 3. The fourth-order valence-corrected chi connectivity index (χ4v) is 1.72. The van der Waals surface area contributed by atoms with Crippen LogP contribution in [-0.4, -0.2) is 36.8 Å². The molecule has 0 bridgehead atoms. The van der Waals surface area contributed by atoms with E-state index in [0.717, 1.165) is 13.0 Å². The summed E-state index contributed by atoms with van der Waals surface area (Å²) in [6, 6.07) is 0. The number of hydrogen-bond donors (Lipinski definition) is 1. The fraction of sp³-hybridized carbons (Fsp3) is 1.00. The van der Waals surface area contributed by atoms with Gasteiger partial charge in [-0.3, -0.25) is 4.90 Å². The van der Waals surface area contributed by atoms with Gasteiger partial charge in [0, 0.05) is 18.5 Å². The Morgan fingerprint density at radius 1 is 1.19 bits per heavy atom. The summed E-state index contributed by atoms with van der Waals surface area (Å²) in [5, 5.41) is 0. The monoisotopic (exact) mass is 240 g/mol. The second-order valence-electron chi connectivity index (χ2n) is 4.59. The van der Waals surface area contributed by atoms with E-state index in [0.29, 0.717) is 13.0 Å². The lowest BCUT2D eigenvalue weighted by Crippen LogP contribution is -2.50. The molecule has 98 valence electrons. The quantitative estimate of drug-likeness (QED) is 0.741. The molecule has 2 N–H and O–H groups in total. The molecule has 5 heteroatoms. The van der Waals surface area contributed by atoms with Crippen molar-refractivity contribution in [1.29, 1.82) is 0 Å². The summed E-state index contributed by atoms with van der Waals surface area (Å²) >= 11 is 0. The molecule has 16 heavy (non-hydrogen) atoms. The Hall–Kier alpha value is -0.290. The van der Waals surface area contributed by atoms with Crippen molar-refractivity contribution < 1.29 is 13.2 Å². The zero-order valence-electron chi connectivity index (χ0n) is 10.4. The van der Waals surface area contributed by atoms with E-state index in [1.54, 1.807) is 0 Å². The minimum Gasteiger partial charge on any atom is -0.329 e. The van der Waals surface area contributed by atoms with Gasteiger partial charge in [-0.05, 0) is 39.8 Å². The topological polar surface area (TPSA) is 29.3 Å². The molecule has 0 fully saturated rings. The van der Waals surface area contributed by atoms with E-state index in [2.05, 4.69) is 4.90 Å². The lowest BCUT2D eigenvalue weighted by molar-refractivity contribution is -0.136. The standard InChI is InChI=1S/C11H23F3N2/c1-4-8-16(3)10(2,9-15)6-5-7-11(12,13)14/h4-9,15H2,1-3H3. The van der Waals surface area contributed by atoms with Gasteiger partial charge in [0.25, 0.3) is 0 Å². The van der Waals surface area contributed by atoms with E-state index in [-0.39, 0.29) is 12.0 Å².